The molecule has 0 atom stereocenters. The minimum atomic E-state index is -1.00. The molecule has 0 aliphatic heterocycles. The van der Waals surface area contributed by atoms with Gasteiger partial charge in [0, 0.05) is 29.6 Å². The Bertz CT molecular complexity index is 761. The molecule has 0 aromatic heterocycles. The van der Waals surface area contributed by atoms with Gasteiger partial charge < -0.3 is 19.9 Å². The third-order valence-corrected chi connectivity index (χ3v) is 3.88. The molecule has 0 radical (unpaired) electrons. The van der Waals surface area contributed by atoms with Gasteiger partial charge in [0.2, 0.25) is 5.91 Å². The van der Waals surface area contributed by atoms with Crippen LogP contribution in [0.25, 0.3) is 0 Å². The van der Waals surface area contributed by atoms with Crippen LogP contribution in [-0.4, -0.2) is 24.1 Å². The number of carbonyl (C=O) groups is 2. The number of ether oxygens (including phenoxy) is 2. The van der Waals surface area contributed by atoms with Crippen molar-refractivity contribution < 1.29 is 24.2 Å². The van der Waals surface area contributed by atoms with E-state index in [4.69, 9.17) is 26.2 Å². The number of nitrogens with one attached hydrogen (secondary N) is 1. The first-order valence-electron chi connectivity index (χ1n) is 8.00. The Morgan fingerprint density at radius 3 is 2.50 bits per heavy atom. The first-order chi connectivity index (χ1) is 12.5. The molecule has 6 nitrogen and oxygen atoms in total. The summed E-state index contributed by atoms with van der Waals surface area (Å²) in [5.41, 5.74) is 1.72. The number of benzene rings is 2. The quantitative estimate of drug-likeness (QED) is 0.699. The topological polar surface area (TPSA) is 84.9 Å². The second-order valence-electron chi connectivity index (χ2n) is 5.56. The lowest BCUT2D eigenvalue weighted by molar-refractivity contribution is -0.138. The van der Waals surface area contributed by atoms with Crippen LogP contribution in [0.1, 0.15) is 24.0 Å². The van der Waals surface area contributed by atoms with Crippen molar-refractivity contribution >= 4 is 23.5 Å². The molecule has 1 amide bonds. The molecule has 2 N–H and O–H groups in total. The number of carboxylic acid groups (broad SMARTS) is 1. The van der Waals surface area contributed by atoms with Gasteiger partial charge >= 0.3 is 5.97 Å². The number of carboxylic acids is 1. The number of amides is 1. The Hall–Kier alpha value is -2.73. The van der Waals surface area contributed by atoms with Crippen molar-refractivity contribution in [3.63, 3.8) is 0 Å². The third kappa shape index (κ3) is 6.29. The largest absolute Gasteiger partial charge is 0.497 e. The third-order valence-electron chi connectivity index (χ3n) is 3.62. The lowest BCUT2D eigenvalue weighted by Gasteiger charge is -2.14. The summed E-state index contributed by atoms with van der Waals surface area (Å²) in [6.07, 6.45) is -0.263. The van der Waals surface area contributed by atoms with Crippen molar-refractivity contribution in [2.24, 2.45) is 0 Å². The van der Waals surface area contributed by atoms with E-state index in [9.17, 15) is 9.59 Å². The molecule has 0 bridgehead atoms. The summed E-state index contributed by atoms with van der Waals surface area (Å²) in [5, 5.41) is 12.0. The molecule has 2 aromatic rings. The molecule has 2 aromatic carbocycles. The van der Waals surface area contributed by atoms with E-state index in [1.54, 1.807) is 37.4 Å². The van der Waals surface area contributed by atoms with Crippen molar-refractivity contribution in [1.29, 1.82) is 0 Å². The van der Waals surface area contributed by atoms with Gasteiger partial charge in [-0.1, -0.05) is 23.7 Å². The maximum absolute atomic E-state index is 11.7. The molecule has 138 valence electrons. The fourth-order valence-corrected chi connectivity index (χ4v) is 2.31. The highest BCUT2D eigenvalue weighted by Gasteiger charge is 2.10. The number of halogens is 1. The Morgan fingerprint density at radius 1 is 1.12 bits per heavy atom. The predicted octanol–water partition coefficient (Wildman–Crippen LogP) is 3.41. The van der Waals surface area contributed by atoms with Crippen LogP contribution in [0.5, 0.6) is 11.5 Å². The van der Waals surface area contributed by atoms with Gasteiger partial charge in [0.05, 0.1) is 13.5 Å². The number of hydrogen-bond donors (Lipinski definition) is 2. The van der Waals surface area contributed by atoms with Crippen LogP contribution < -0.4 is 14.8 Å². The van der Waals surface area contributed by atoms with Crippen molar-refractivity contribution in [1.82, 2.24) is 5.32 Å². The normalized spacial score (nSPS) is 10.2. The van der Waals surface area contributed by atoms with Crippen molar-refractivity contribution in [3.8, 4) is 11.5 Å². The van der Waals surface area contributed by atoms with E-state index < -0.39 is 5.97 Å². The van der Waals surface area contributed by atoms with Gasteiger partial charge in [-0.2, -0.15) is 0 Å². The van der Waals surface area contributed by atoms with E-state index in [-0.39, 0.29) is 25.3 Å². The van der Waals surface area contributed by atoms with Crippen LogP contribution in [0.15, 0.2) is 42.5 Å². The summed E-state index contributed by atoms with van der Waals surface area (Å²) in [7, 11) is 1.56. The molecule has 0 fully saturated rings. The molecule has 0 heterocycles. The van der Waals surface area contributed by atoms with Gasteiger partial charge in [0.15, 0.2) is 0 Å². The van der Waals surface area contributed by atoms with Crippen LogP contribution in [-0.2, 0) is 22.7 Å². The summed E-state index contributed by atoms with van der Waals surface area (Å²) >= 11 is 5.88. The van der Waals surface area contributed by atoms with E-state index in [1.165, 1.54) is 0 Å². The zero-order chi connectivity index (χ0) is 18.9. The summed E-state index contributed by atoms with van der Waals surface area (Å²) in [4.78, 5) is 22.2. The SMILES string of the molecule is COc1ccc(CNC(=O)CCC(=O)O)c(OCc2ccc(Cl)cc2)c1. The molecule has 0 spiro atoms. The molecule has 0 aliphatic rings. The molecular formula is C19H20ClNO5. The molecular weight excluding hydrogens is 358 g/mol. The van der Waals surface area contributed by atoms with Crippen LogP contribution in [0.2, 0.25) is 5.02 Å². The van der Waals surface area contributed by atoms with E-state index in [0.29, 0.717) is 23.1 Å². The van der Waals surface area contributed by atoms with Crippen LogP contribution in [0, 0.1) is 0 Å². The molecule has 0 unspecified atom stereocenters. The first kappa shape index (κ1) is 19.6. The number of carbonyl (C=O) groups excluding carboxylic acids is 1. The highest BCUT2D eigenvalue weighted by atomic mass is 35.5. The second-order valence-corrected chi connectivity index (χ2v) is 6.00. The maximum Gasteiger partial charge on any atom is 0.303 e. The molecule has 0 saturated carbocycles. The molecule has 2 rings (SSSR count). The Kier molecular flexibility index (Phi) is 7.29. The summed E-state index contributed by atoms with van der Waals surface area (Å²) < 4.78 is 11.1. The van der Waals surface area contributed by atoms with E-state index >= 15 is 0 Å². The van der Waals surface area contributed by atoms with Gasteiger partial charge in [0.25, 0.3) is 0 Å². The Balaban J connectivity index is 2.02. The molecule has 7 heteroatoms. The van der Waals surface area contributed by atoms with Gasteiger partial charge in [-0.05, 0) is 29.8 Å². The van der Waals surface area contributed by atoms with Gasteiger partial charge in [-0.15, -0.1) is 0 Å². The van der Waals surface area contributed by atoms with Crippen molar-refractivity contribution in [2.75, 3.05) is 7.11 Å². The fourth-order valence-electron chi connectivity index (χ4n) is 2.19. The van der Waals surface area contributed by atoms with Gasteiger partial charge in [0.1, 0.15) is 18.1 Å². The van der Waals surface area contributed by atoms with Crippen LogP contribution >= 0.6 is 11.6 Å². The van der Waals surface area contributed by atoms with Crippen molar-refractivity contribution in [2.45, 2.75) is 26.0 Å². The highest BCUT2D eigenvalue weighted by molar-refractivity contribution is 6.30. The van der Waals surface area contributed by atoms with E-state index in [2.05, 4.69) is 5.32 Å². The number of methoxy groups -OCH3 is 1. The first-order valence-corrected chi connectivity index (χ1v) is 8.38. The van der Waals surface area contributed by atoms with E-state index in [0.717, 1.165) is 11.1 Å². The van der Waals surface area contributed by atoms with Crippen LogP contribution in [0.3, 0.4) is 0 Å². The zero-order valence-electron chi connectivity index (χ0n) is 14.3. The average molecular weight is 378 g/mol. The second kappa shape index (κ2) is 9.68. The minimum Gasteiger partial charge on any atom is -0.497 e. The number of rotatable bonds is 9. The Morgan fingerprint density at radius 2 is 1.85 bits per heavy atom. The number of aliphatic carboxylic acids is 1. The van der Waals surface area contributed by atoms with Crippen molar-refractivity contribution in [3.05, 3.63) is 58.6 Å². The lowest BCUT2D eigenvalue weighted by atomic mass is 10.1. The minimum absolute atomic E-state index is 0.0630. The lowest BCUT2D eigenvalue weighted by Crippen LogP contribution is -2.23. The highest BCUT2D eigenvalue weighted by Crippen LogP contribution is 2.26. The van der Waals surface area contributed by atoms with Crippen LogP contribution in [0.4, 0.5) is 0 Å². The zero-order valence-corrected chi connectivity index (χ0v) is 15.1. The Labute approximate surface area is 156 Å². The fraction of sp³-hybridized carbons (Fsp3) is 0.263. The summed E-state index contributed by atoms with van der Waals surface area (Å²) in [5.74, 6) is -0.113. The average Bonchev–Trinajstić information content (AvgIpc) is 2.64. The molecule has 0 aliphatic carbocycles. The van der Waals surface area contributed by atoms with Gasteiger partial charge in [-0.25, -0.2) is 0 Å². The summed E-state index contributed by atoms with van der Waals surface area (Å²) in [6.45, 7) is 0.572. The molecule has 0 saturated heterocycles. The monoisotopic (exact) mass is 377 g/mol. The summed E-state index contributed by atoms with van der Waals surface area (Å²) in [6, 6.07) is 12.6. The van der Waals surface area contributed by atoms with Gasteiger partial charge in [-0.3, -0.25) is 9.59 Å². The maximum atomic E-state index is 11.7. The molecule has 26 heavy (non-hydrogen) atoms. The number of hydrogen-bond acceptors (Lipinski definition) is 4. The standard InChI is InChI=1S/C19H20ClNO5/c1-25-16-7-4-14(11-21-18(22)8-9-19(23)24)17(10-16)26-12-13-2-5-15(20)6-3-13/h2-7,10H,8-9,11-12H2,1H3,(H,21,22)(H,23,24). The smallest absolute Gasteiger partial charge is 0.303 e. The van der Waals surface area contributed by atoms with E-state index in [1.807, 2.05) is 12.1 Å². The predicted molar refractivity (Wildman–Crippen MR) is 97.5 cm³/mol.